The largest absolute Gasteiger partial charge is 0.469 e. The summed E-state index contributed by atoms with van der Waals surface area (Å²) in [4.78, 5) is 17.8. The van der Waals surface area contributed by atoms with Crippen molar-refractivity contribution in [3.63, 3.8) is 0 Å². The lowest BCUT2D eigenvalue weighted by atomic mass is 10.2. The highest BCUT2D eigenvalue weighted by atomic mass is 16.5. The van der Waals surface area contributed by atoms with Gasteiger partial charge in [0.25, 0.3) is 0 Å². The van der Waals surface area contributed by atoms with E-state index in [4.69, 9.17) is 0 Å². The van der Waals surface area contributed by atoms with Crippen LogP contribution in [0.3, 0.4) is 0 Å². The third kappa shape index (κ3) is 11.2. The monoisotopic (exact) mass is 311 g/mol. The van der Waals surface area contributed by atoms with E-state index in [-0.39, 0.29) is 5.97 Å². The topological polar surface area (TPSA) is 53.9 Å². The van der Waals surface area contributed by atoms with Crippen LogP contribution in [0.5, 0.6) is 0 Å². The molecule has 128 valence electrons. The van der Waals surface area contributed by atoms with E-state index in [2.05, 4.69) is 40.5 Å². The summed E-state index contributed by atoms with van der Waals surface area (Å²) in [5, 5.41) is 3.31. The molecule has 0 rings (SSSR count). The lowest BCUT2D eigenvalue weighted by Gasteiger charge is -2.22. The SMILES string of the molecule is C=CCCCCCN(C)C(=NCCCCC(=O)OC)NCC. The number of allylic oxidation sites excluding steroid dienone is 1. The Morgan fingerprint density at radius 1 is 1.27 bits per heavy atom. The second-order valence-electron chi connectivity index (χ2n) is 5.33. The molecule has 0 aliphatic rings. The smallest absolute Gasteiger partial charge is 0.305 e. The van der Waals surface area contributed by atoms with Gasteiger partial charge in [0.1, 0.15) is 0 Å². The predicted molar refractivity (Wildman–Crippen MR) is 93.1 cm³/mol. The Balaban J connectivity index is 4.01. The first-order valence-corrected chi connectivity index (χ1v) is 8.32. The molecule has 5 heteroatoms. The van der Waals surface area contributed by atoms with E-state index in [1.54, 1.807) is 0 Å². The van der Waals surface area contributed by atoms with Gasteiger partial charge in [-0.25, -0.2) is 0 Å². The van der Waals surface area contributed by atoms with E-state index in [0.29, 0.717) is 6.42 Å². The van der Waals surface area contributed by atoms with Crippen LogP contribution in [0.2, 0.25) is 0 Å². The van der Waals surface area contributed by atoms with Crippen molar-refractivity contribution >= 4 is 11.9 Å². The fourth-order valence-corrected chi connectivity index (χ4v) is 2.06. The van der Waals surface area contributed by atoms with Gasteiger partial charge in [-0.1, -0.05) is 12.5 Å². The van der Waals surface area contributed by atoms with E-state index in [9.17, 15) is 4.79 Å². The molecule has 0 aromatic heterocycles. The summed E-state index contributed by atoms with van der Waals surface area (Å²) >= 11 is 0. The fraction of sp³-hybridized carbons (Fsp3) is 0.765. The van der Waals surface area contributed by atoms with Gasteiger partial charge in [-0.2, -0.15) is 0 Å². The van der Waals surface area contributed by atoms with Crippen molar-refractivity contribution in [2.45, 2.75) is 51.9 Å². The molecule has 0 aliphatic heterocycles. The van der Waals surface area contributed by atoms with Gasteiger partial charge in [0, 0.05) is 33.1 Å². The van der Waals surface area contributed by atoms with Crippen LogP contribution in [0, 0.1) is 0 Å². The fourth-order valence-electron chi connectivity index (χ4n) is 2.06. The summed E-state index contributed by atoms with van der Waals surface area (Å²) in [7, 11) is 3.50. The van der Waals surface area contributed by atoms with E-state index in [0.717, 1.165) is 51.3 Å². The standard InChI is InChI=1S/C17H33N3O2/c1-5-7-8-9-12-15-20(3)17(18-6-2)19-14-11-10-13-16(21)22-4/h5H,1,6-15H2,2-4H3,(H,18,19). The molecule has 0 heterocycles. The Kier molecular flexibility index (Phi) is 13.4. The summed E-state index contributed by atoms with van der Waals surface area (Å²) in [6.45, 7) is 8.42. The van der Waals surface area contributed by atoms with Crippen LogP contribution >= 0.6 is 0 Å². The number of hydrogen-bond donors (Lipinski definition) is 1. The Morgan fingerprint density at radius 2 is 2.05 bits per heavy atom. The van der Waals surface area contributed by atoms with E-state index < -0.39 is 0 Å². The highest BCUT2D eigenvalue weighted by Crippen LogP contribution is 2.02. The maximum absolute atomic E-state index is 11.0. The summed E-state index contributed by atoms with van der Waals surface area (Å²) < 4.78 is 4.63. The molecular weight excluding hydrogens is 278 g/mol. The highest BCUT2D eigenvalue weighted by molar-refractivity contribution is 5.79. The first-order chi connectivity index (χ1) is 10.7. The maximum atomic E-state index is 11.0. The Labute approximate surface area is 135 Å². The lowest BCUT2D eigenvalue weighted by molar-refractivity contribution is -0.140. The molecule has 22 heavy (non-hydrogen) atoms. The minimum Gasteiger partial charge on any atom is -0.469 e. The van der Waals surface area contributed by atoms with Crippen molar-refractivity contribution in [3.05, 3.63) is 12.7 Å². The van der Waals surface area contributed by atoms with Gasteiger partial charge in [0.2, 0.25) is 0 Å². The molecule has 0 amide bonds. The number of carbonyl (C=O) groups is 1. The molecule has 5 nitrogen and oxygen atoms in total. The number of guanidine groups is 1. The highest BCUT2D eigenvalue weighted by Gasteiger charge is 2.05. The van der Waals surface area contributed by atoms with Gasteiger partial charge >= 0.3 is 5.97 Å². The maximum Gasteiger partial charge on any atom is 0.305 e. The molecule has 0 spiro atoms. The molecule has 0 aromatic rings. The normalized spacial score (nSPS) is 11.1. The molecule has 0 unspecified atom stereocenters. The number of aliphatic imine (C=N–C) groups is 1. The van der Waals surface area contributed by atoms with Crippen molar-refractivity contribution in [1.29, 1.82) is 0 Å². The molecule has 0 fully saturated rings. The van der Waals surface area contributed by atoms with Gasteiger partial charge in [0.05, 0.1) is 7.11 Å². The Morgan fingerprint density at radius 3 is 2.68 bits per heavy atom. The molecule has 0 aliphatic carbocycles. The van der Waals surface area contributed by atoms with Crippen LogP contribution in [0.1, 0.15) is 51.9 Å². The third-order valence-electron chi connectivity index (χ3n) is 3.38. The Bertz CT molecular complexity index is 330. The van der Waals surface area contributed by atoms with Crippen LogP contribution < -0.4 is 5.32 Å². The molecule has 0 aromatic carbocycles. The lowest BCUT2D eigenvalue weighted by Crippen LogP contribution is -2.39. The molecule has 0 saturated carbocycles. The second-order valence-corrected chi connectivity index (χ2v) is 5.33. The number of rotatable bonds is 12. The van der Waals surface area contributed by atoms with Gasteiger partial charge in [-0.3, -0.25) is 9.79 Å². The molecule has 0 radical (unpaired) electrons. The molecule has 0 saturated heterocycles. The first-order valence-electron chi connectivity index (χ1n) is 8.32. The summed E-state index contributed by atoms with van der Waals surface area (Å²) in [6.07, 6.45) is 8.85. The minimum atomic E-state index is -0.146. The van der Waals surface area contributed by atoms with Crippen molar-refractivity contribution in [2.75, 3.05) is 33.8 Å². The van der Waals surface area contributed by atoms with E-state index in [1.807, 2.05) is 6.08 Å². The van der Waals surface area contributed by atoms with Crippen LogP contribution in [-0.2, 0) is 9.53 Å². The number of nitrogens with one attached hydrogen (secondary N) is 1. The van der Waals surface area contributed by atoms with Gasteiger partial charge in [0.15, 0.2) is 5.96 Å². The zero-order chi connectivity index (χ0) is 16.6. The van der Waals surface area contributed by atoms with Crippen molar-refractivity contribution in [1.82, 2.24) is 10.2 Å². The minimum absolute atomic E-state index is 0.146. The third-order valence-corrected chi connectivity index (χ3v) is 3.38. The number of ether oxygens (including phenoxy) is 1. The summed E-state index contributed by atoms with van der Waals surface area (Å²) in [6, 6.07) is 0. The molecule has 0 atom stereocenters. The number of hydrogen-bond acceptors (Lipinski definition) is 3. The summed E-state index contributed by atoms with van der Waals surface area (Å²) in [5.41, 5.74) is 0. The number of esters is 1. The number of nitrogens with zero attached hydrogens (tertiary/aromatic N) is 2. The second kappa shape index (κ2) is 14.4. The van der Waals surface area contributed by atoms with Crippen molar-refractivity contribution < 1.29 is 9.53 Å². The Hall–Kier alpha value is -1.52. The van der Waals surface area contributed by atoms with Crippen LogP contribution in [0.4, 0.5) is 0 Å². The van der Waals surface area contributed by atoms with E-state index in [1.165, 1.54) is 20.0 Å². The predicted octanol–water partition coefficient (Wildman–Crippen LogP) is 2.97. The number of methoxy groups -OCH3 is 1. The van der Waals surface area contributed by atoms with Crippen molar-refractivity contribution in [2.24, 2.45) is 4.99 Å². The van der Waals surface area contributed by atoms with Gasteiger partial charge < -0.3 is 15.0 Å². The number of unbranched alkanes of at least 4 members (excludes halogenated alkanes) is 4. The van der Waals surface area contributed by atoms with Crippen LogP contribution in [-0.4, -0.2) is 50.6 Å². The van der Waals surface area contributed by atoms with E-state index >= 15 is 0 Å². The zero-order valence-corrected chi connectivity index (χ0v) is 14.6. The first kappa shape index (κ1) is 20.5. The quantitative estimate of drug-likeness (QED) is 0.198. The van der Waals surface area contributed by atoms with Gasteiger partial charge in [-0.05, 0) is 39.0 Å². The van der Waals surface area contributed by atoms with Gasteiger partial charge in [-0.15, -0.1) is 6.58 Å². The zero-order valence-electron chi connectivity index (χ0n) is 14.6. The number of carbonyl (C=O) groups excluding carboxylic acids is 1. The van der Waals surface area contributed by atoms with Crippen molar-refractivity contribution in [3.8, 4) is 0 Å². The van der Waals surface area contributed by atoms with Crippen LogP contribution in [0.15, 0.2) is 17.6 Å². The molecular formula is C17H33N3O2. The molecule has 0 bridgehead atoms. The molecule has 1 N–H and O–H groups in total. The average Bonchev–Trinajstić information content (AvgIpc) is 2.52. The average molecular weight is 311 g/mol. The van der Waals surface area contributed by atoms with Crippen LogP contribution in [0.25, 0.3) is 0 Å². The summed E-state index contributed by atoms with van der Waals surface area (Å²) in [5.74, 6) is 0.803.